The molecule has 0 saturated heterocycles. The second-order valence-electron chi connectivity index (χ2n) is 6.70. The highest BCUT2D eigenvalue weighted by Crippen LogP contribution is 2.26. The number of benzene rings is 2. The van der Waals surface area contributed by atoms with Crippen molar-refractivity contribution in [1.82, 2.24) is 9.78 Å². The zero-order valence-corrected chi connectivity index (χ0v) is 16.4. The topological polar surface area (TPSA) is 104 Å². The number of nitro benzene ring substituents is 1. The van der Waals surface area contributed by atoms with Crippen LogP contribution < -0.4 is 10.2 Å². The molecular weight excluding hydrogens is 374 g/mol. The smallest absolute Gasteiger partial charge is 0.368 e. The number of nitro groups is 1. The summed E-state index contributed by atoms with van der Waals surface area (Å²) in [7, 11) is 0. The predicted octanol–water partition coefficient (Wildman–Crippen LogP) is 3.59. The summed E-state index contributed by atoms with van der Waals surface area (Å²) in [5, 5.41) is 15.4. The highest BCUT2D eigenvalue weighted by Gasteiger charge is 2.22. The largest absolute Gasteiger partial charge is 0.421 e. The van der Waals surface area contributed by atoms with Gasteiger partial charge in [-0.1, -0.05) is 24.3 Å². The number of hydrogen-bond acceptors (Lipinski definition) is 6. The normalized spacial score (nSPS) is 10.6. The molecule has 8 nitrogen and oxygen atoms in total. The van der Waals surface area contributed by atoms with Gasteiger partial charge in [-0.15, -0.1) is 0 Å². The Kier molecular flexibility index (Phi) is 5.27. The summed E-state index contributed by atoms with van der Waals surface area (Å²) in [6.45, 7) is 7.08. The van der Waals surface area contributed by atoms with Crippen molar-refractivity contribution in [2.45, 2.75) is 27.7 Å². The number of aryl methyl sites for hydroxylation is 3. The van der Waals surface area contributed by atoms with E-state index in [-0.39, 0.29) is 11.4 Å². The standard InChI is InChI=1S/C21H19N3O5/c1-12-9-10-13(2)20(15(12)4)29-21(26)19-18(25)11-14(3)23(22-19)16-7-5-6-8-17(16)24(27)28/h5-11H,1-4H3. The molecule has 0 bridgehead atoms. The first-order valence-corrected chi connectivity index (χ1v) is 8.84. The number of carbonyl (C=O) groups is 1. The molecule has 0 spiro atoms. The fourth-order valence-corrected chi connectivity index (χ4v) is 2.95. The van der Waals surface area contributed by atoms with Crippen LogP contribution in [0.15, 0.2) is 47.3 Å². The molecule has 0 atom stereocenters. The molecule has 3 rings (SSSR count). The molecule has 0 unspecified atom stereocenters. The molecule has 8 heteroatoms. The van der Waals surface area contributed by atoms with E-state index in [0.717, 1.165) is 16.7 Å². The van der Waals surface area contributed by atoms with Crippen LogP contribution in [0.25, 0.3) is 5.69 Å². The third-order valence-corrected chi connectivity index (χ3v) is 4.68. The lowest BCUT2D eigenvalue weighted by molar-refractivity contribution is -0.384. The molecule has 0 amide bonds. The van der Waals surface area contributed by atoms with Crippen LogP contribution in [0, 0.1) is 37.8 Å². The molecule has 1 aromatic heterocycles. The van der Waals surface area contributed by atoms with Crippen molar-refractivity contribution in [2.75, 3.05) is 0 Å². The Morgan fingerprint density at radius 3 is 2.41 bits per heavy atom. The van der Waals surface area contributed by atoms with E-state index in [1.807, 2.05) is 26.0 Å². The van der Waals surface area contributed by atoms with Gasteiger partial charge < -0.3 is 4.74 Å². The Bertz CT molecular complexity index is 1200. The molecule has 0 aliphatic carbocycles. The Labute approximate surface area is 166 Å². The summed E-state index contributed by atoms with van der Waals surface area (Å²) < 4.78 is 6.68. The van der Waals surface area contributed by atoms with Crippen molar-refractivity contribution in [2.24, 2.45) is 0 Å². The van der Waals surface area contributed by atoms with Crippen LogP contribution >= 0.6 is 0 Å². The first-order valence-electron chi connectivity index (χ1n) is 8.84. The van der Waals surface area contributed by atoms with Gasteiger partial charge in [0.15, 0.2) is 0 Å². The highest BCUT2D eigenvalue weighted by molar-refractivity contribution is 5.89. The Balaban J connectivity index is 2.10. The molecule has 0 fully saturated rings. The molecule has 29 heavy (non-hydrogen) atoms. The molecule has 0 saturated carbocycles. The van der Waals surface area contributed by atoms with Crippen molar-refractivity contribution in [3.05, 3.63) is 90.9 Å². The summed E-state index contributed by atoms with van der Waals surface area (Å²) >= 11 is 0. The average Bonchev–Trinajstić information content (AvgIpc) is 2.68. The molecule has 1 heterocycles. The number of aromatic nitrogens is 2. The van der Waals surface area contributed by atoms with Gasteiger partial charge in [0, 0.05) is 17.8 Å². The van der Waals surface area contributed by atoms with E-state index in [4.69, 9.17) is 4.74 Å². The van der Waals surface area contributed by atoms with Gasteiger partial charge in [0.05, 0.1) is 4.92 Å². The van der Waals surface area contributed by atoms with Crippen LogP contribution in [-0.4, -0.2) is 20.7 Å². The van der Waals surface area contributed by atoms with Gasteiger partial charge in [0.1, 0.15) is 11.4 Å². The number of hydrogen-bond donors (Lipinski definition) is 0. The van der Waals surface area contributed by atoms with Gasteiger partial charge in [0.25, 0.3) is 5.69 Å². The zero-order valence-electron chi connectivity index (χ0n) is 16.4. The number of rotatable bonds is 4. The minimum atomic E-state index is -0.917. The van der Waals surface area contributed by atoms with E-state index in [9.17, 15) is 19.7 Å². The maximum Gasteiger partial charge on any atom is 0.368 e. The van der Waals surface area contributed by atoms with Crippen molar-refractivity contribution < 1.29 is 14.5 Å². The number of ether oxygens (including phenoxy) is 1. The van der Waals surface area contributed by atoms with Crippen LogP contribution in [0.4, 0.5) is 5.69 Å². The number of esters is 1. The number of carbonyl (C=O) groups excluding carboxylic acids is 1. The quantitative estimate of drug-likeness (QED) is 0.290. The second kappa shape index (κ2) is 7.67. The van der Waals surface area contributed by atoms with E-state index < -0.39 is 22.0 Å². The first-order chi connectivity index (χ1) is 13.7. The Morgan fingerprint density at radius 2 is 1.72 bits per heavy atom. The van der Waals surface area contributed by atoms with Crippen LogP contribution in [0.3, 0.4) is 0 Å². The molecule has 0 N–H and O–H groups in total. The maximum absolute atomic E-state index is 12.7. The van der Waals surface area contributed by atoms with Gasteiger partial charge >= 0.3 is 5.97 Å². The first kappa shape index (κ1) is 19.9. The van der Waals surface area contributed by atoms with E-state index in [2.05, 4.69) is 5.10 Å². The van der Waals surface area contributed by atoms with Crippen molar-refractivity contribution in [1.29, 1.82) is 0 Å². The third-order valence-electron chi connectivity index (χ3n) is 4.68. The van der Waals surface area contributed by atoms with Crippen LogP contribution in [0.2, 0.25) is 0 Å². The van der Waals surface area contributed by atoms with E-state index in [1.165, 1.54) is 28.9 Å². The van der Waals surface area contributed by atoms with Crippen LogP contribution in [-0.2, 0) is 0 Å². The Morgan fingerprint density at radius 1 is 1.07 bits per heavy atom. The minimum Gasteiger partial charge on any atom is -0.421 e. The molecule has 3 aromatic rings. The summed E-state index contributed by atoms with van der Waals surface area (Å²) in [5.74, 6) is -0.548. The summed E-state index contributed by atoms with van der Waals surface area (Å²) in [5.41, 5.74) is 1.69. The molecule has 0 aliphatic rings. The van der Waals surface area contributed by atoms with Crippen molar-refractivity contribution in [3.63, 3.8) is 0 Å². The SMILES string of the molecule is Cc1ccc(C)c(OC(=O)c2nn(-c3ccccc3[N+](=O)[O-])c(C)cc2=O)c1C. The number of nitrogens with zero attached hydrogens (tertiary/aromatic N) is 3. The van der Waals surface area contributed by atoms with E-state index in [1.54, 1.807) is 19.9 Å². The Hall–Kier alpha value is -3.81. The predicted molar refractivity (Wildman–Crippen MR) is 107 cm³/mol. The van der Waals surface area contributed by atoms with E-state index in [0.29, 0.717) is 11.4 Å². The highest BCUT2D eigenvalue weighted by atomic mass is 16.6. The van der Waals surface area contributed by atoms with E-state index >= 15 is 0 Å². The average molecular weight is 393 g/mol. The second-order valence-corrected chi connectivity index (χ2v) is 6.70. The molecule has 2 aromatic carbocycles. The fourth-order valence-electron chi connectivity index (χ4n) is 2.95. The lowest BCUT2D eigenvalue weighted by Crippen LogP contribution is -2.26. The molecule has 148 valence electrons. The fraction of sp³-hybridized carbons (Fsp3) is 0.190. The third kappa shape index (κ3) is 3.77. The number of para-hydroxylation sites is 2. The monoisotopic (exact) mass is 393 g/mol. The van der Waals surface area contributed by atoms with Crippen LogP contribution in [0.5, 0.6) is 5.75 Å². The molecular formula is C21H19N3O5. The van der Waals surface area contributed by atoms with Gasteiger partial charge in [-0.3, -0.25) is 14.9 Å². The van der Waals surface area contributed by atoms with Gasteiger partial charge in [-0.05, 0) is 50.5 Å². The lowest BCUT2D eigenvalue weighted by Gasteiger charge is -2.14. The van der Waals surface area contributed by atoms with Crippen molar-refractivity contribution in [3.8, 4) is 11.4 Å². The van der Waals surface area contributed by atoms with Gasteiger partial charge in [0.2, 0.25) is 11.1 Å². The van der Waals surface area contributed by atoms with Gasteiger partial charge in [-0.25, -0.2) is 9.48 Å². The van der Waals surface area contributed by atoms with Gasteiger partial charge in [-0.2, -0.15) is 5.10 Å². The molecule has 0 radical (unpaired) electrons. The lowest BCUT2D eigenvalue weighted by atomic mass is 10.1. The summed E-state index contributed by atoms with van der Waals surface area (Å²) in [6, 6.07) is 10.9. The minimum absolute atomic E-state index is 0.145. The maximum atomic E-state index is 12.7. The van der Waals surface area contributed by atoms with Crippen LogP contribution in [0.1, 0.15) is 32.9 Å². The van der Waals surface area contributed by atoms with Crippen molar-refractivity contribution >= 4 is 11.7 Å². The summed E-state index contributed by atoms with van der Waals surface area (Å²) in [6.07, 6.45) is 0. The summed E-state index contributed by atoms with van der Waals surface area (Å²) in [4.78, 5) is 35.9. The zero-order chi connectivity index (χ0) is 21.3. The molecule has 0 aliphatic heterocycles.